The van der Waals surface area contributed by atoms with Crippen LogP contribution in [0.1, 0.15) is 101 Å². The van der Waals surface area contributed by atoms with Gasteiger partial charge in [-0.25, -0.2) is 8.78 Å². The van der Waals surface area contributed by atoms with Crippen LogP contribution in [0.3, 0.4) is 0 Å². The molecule has 2 saturated carbocycles. The van der Waals surface area contributed by atoms with Gasteiger partial charge in [0.2, 0.25) is 0 Å². The predicted octanol–water partition coefficient (Wildman–Crippen LogP) is 8.06. The fourth-order valence-corrected chi connectivity index (χ4v) is 5.21. The van der Waals surface area contributed by atoms with Gasteiger partial charge in [-0.2, -0.15) is 5.26 Å². The first-order valence-corrected chi connectivity index (χ1v) is 12.2. The summed E-state index contributed by atoms with van der Waals surface area (Å²) in [6, 6.07) is 4.26. The second kappa shape index (κ2) is 12.0. The van der Waals surface area contributed by atoms with Crippen molar-refractivity contribution in [2.24, 2.45) is 17.8 Å². The fraction of sp³-hybridized carbons (Fsp3) is 0.607. The van der Waals surface area contributed by atoms with Crippen molar-refractivity contribution in [2.75, 3.05) is 0 Å². The molecule has 0 N–H and O–H groups in total. The zero-order valence-corrected chi connectivity index (χ0v) is 18.8. The van der Waals surface area contributed by atoms with Gasteiger partial charge in [-0.3, -0.25) is 0 Å². The van der Waals surface area contributed by atoms with E-state index in [0.717, 1.165) is 31.6 Å². The van der Waals surface area contributed by atoms with E-state index in [-0.39, 0.29) is 5.92 Å². The molecule has 1 nitrogen and oxygen atoms in total. The molecule has 2 aliphatic rings. The van der Waals surface area contributed by atoms with E-state index >= 15 is 0 Å². The first-order chi connectivity index (χ1) is 15.1. The van der Waals surface area contributed by atoms with Gasteiger partial charge in [-0.05, 0) is 92.9 Å². The van der Waals surface area contributed by atoms with Crippen molar-refractivity contribution in [3.05, 3.63) is 47.0 Å². The highest BCUT2D eigenvalue weighted by atomic mass is 19.1. The molecule has 2 fully saturated rings. The summed E-state index contributed by atoms with van der Waals surface area (Å²) in [5.41, 5.74) is 0.186. The lowest BCUT2D eigenvalue weighted by Crippen LogP contribution is -2.13. The van der Waals surface area contributed by atoms with Crippen LogP contribution in [-0.2, 0) is 0 Å². The molecule has 0 saturated heterocycles. The molecular weight excluding hydrogens is 388 g/mol. The first kappa shape index (κ1) is 23.5. The molecule has 166 valence electrons. The number of benzene rings is 1. The van der Waals surface area contributed by atoms with Gasteiger partial charge in [0.05, 0.1) is 0 Å². The smallest absolute Gasteiger partial charge is 0.144 e. The second-order valence-electron chi connectivity index (χ2n) is 9.44. The lowest BCUT2D eigenvalue weighted by molar-refractivity contribution is 0.289. The van der Waals surface area contributed by atoms with E-state index < -0.39 is 17.2 Å². The Balaban J connectivity index is 1.41. The van der Waals surface area contributed by atoms with Crippen LogP contribution < -0.4 is 0 Å². The molecule has 1 aromatic carbocycles. The van der Waals surface area contributed by atoms with Gasteiger partial charge >= 0.3 is 0 Å². The van der Waals surface area contributed by atoms with Crippen LogP contribution >= 0.6 is 0 Å². The van der Waals surface area contributed by atoms with Crippen molar-refractivity contribution in [2.45, 2.75) is 89.9 Å². The molecule has 0 aliphatic heterocycles. The monoisotopic (exact) mass is 423 g/mol. The minimum absolute atomic E-state index is 0.151. The lowest BCUT2D eigenvalue weighted by atomic mass is 9.78. The summed E-state index contributed by atoms with van der Waals surface area (Å²) < 4.78 is 27.8. The van der Waals surface area contributed by atoms with Crippen LogP contribution in [0, 0.1) is 52.6 Å². The zero-order chi connectivity index (χ0) is 22.1. The number of hydrogen-bond acceptors (Lipinski definition) is 1. The van der Waals surface area contributed by atoms with Gasteiger partial charge in [-0.1, -0.05) is 50.5 Å². The third-order valence-electron chi connectivity index (χ3n) is 7.22. The summed E-state index contributed by atoms with van der Waals surface area (Å²) in [7, 11) is 0. The van der Waals surface area contributed by atoms with Crippen LogP contribution in [0.25, 0.3) is 0 Å². The number of allylic oxidation sites excluding steroid dienone is 2. The summed E-state index contributed by atoms with van der Waals surface area (Å²) >= 11 is 0. The number of nitrogens with zero attached hydrogens (tertiary/aromatic N) is 1. The first-order valence-electron chi connectivity index (χ1n) is 12.2. The largest absolute Gasteiger partial charge is 0.205 e. The number of halogens is 2. The summed E-state index contributed by atoms with van der Waals surface area (Å²) in [6.45, 7) is 2.27. The second-order valence-corrected chi connectivity index (χ2v) is 9.44. The van der Waals surface area contributed by atoms with Crippen LogP contribution in [-0.4, -0.2) is 0 Å². The highest BCUT2D eigenvalue weighted by Crippen LogP contribution is 2.36. The molecule has 2 aliphatic carbocycles. The maximum absolute atomic E-state index is 13.9. The minimum atomic E-state index is -0.750. The third-order valence-corrected chi connectivity index (χ3v) is 7.22. The molecule has 3 rings (SSSR count). The van der Waals surface area contributed by atoms with Crippen molar-refractivity contribution in [1.29, 1.82) is 5.26 Å². The van der Waals surface area contributed by atoms with E-state index in [9.17, 15) is 8.78 Å². The molecule has 3 heteroatoms. The summed E-state index contributed by atoms with van der Waals surface area (Å²) in [6.07, 6.45) is 18.9. The van der Waals surface area contributed by atoms with E-state index in [4.69, 9.17) is 5.26 Å². The number of nitriles is 1. The molecule has 0 unspecified atom stereocenters. The maximum Gasteiger partial charge on any atom is 0.144 e. The molecule has 0 radical (unpaired) electrons. The zero-order valence-electron chi connectivity index (χ0n) is 18.8. The Bertz CT molecular complexity index is 815. The van der Waals surface area contributed by atoms with E-state index in [2.05, 4.69) is 30.9 Å². The number of hydrogen-bond donors (Lipinski definition) is 0. The van der Waals surface area contributed by atoms with Crippen LogP contribution in [0.15, 0.2) is 24.3 Å². The Kier molecular flexibility index (Phi) is 9.14. The quantitative estimate of drug-likeness (QED) is 0.335. The standard InChI is InChI=1S/C28H35F2N/c1-2-3-4-7-21-10-12-22(13-11-21)8-5-6-9-23-14-16-24(17-15-23)25-18-27(29)26(20-31)28(30)19-25/h5,8,18-19,21-24H,2-4,7,10-17H2,1H3/t21-,22-,23-,24-. The Labute approximate surface area is 186 Å². The maximum atomic E-state index is 13.9. The van der Waals surface area contributed by atoms with E-state index in [1.807, 2.05) is 0 Å². The average Bonchev–Trinajstić information content (AvgIpc) is 2.78. The van der Waals surface area contributed by atoms with Crippen LogP contribution in [0.5, 0.6) is 0 Å². The Morgan fingerprint density at radius 2 is 1.65 bits per heavy atom. The van der Waals surface area contributed by atoms with Gasteiger partial charge in [0, 0.05) is 5.92 Å². The van der Waals surface area contributed by atoms with E-state index in [1.54, 1.807) is 6.07 Å². The van der Waals surface area contributed by atoms with Gasteiger partial charge in [-0.15, -0.1) is 0 Å². The normalized spacial score (nSPS) is 26.3. The Hall–Kier alpha value is -2.13. The average molecular weight is 424 g/mol. The Morgan fingerprint density at radius 3 is 2.26 bits per heavy atom. The highest BCUT2D eigenvalue weighted by molar-refractivity contribution is 5.36. The molecule has 0 amide bonds. The van der Waals surface area contributed by atoms with E-state index in [1.165, 1.54) is 63.5 Å². The fourth-order valence-electron chi connectivity index (χ4n) is 5.21. The predicted molar refractivity (Wildman–Crippen MR) is 122 cm³/mol. The van der Waals surface area contributed by atoms with Crippen molar-refractivity contribution in [1.82, 2.24) is 0 Å². The van der Waals surface area contributed by atoms with Gasteiger partial charge < -0.3 is 0 Å². The minimum Gasteiger partial charge on any atom is -0.205 e. The lowest BCUT2D eigenvalue weighted by Gasteiger charge is -2.26. The van der Waals surface area contributed by atoms with Gasteiger partial charge in [0.1, 0.15) is 23.3 Å². The SMILES string of the molecule is CCCCC[C@H]1CC[C@H](C=CC#C[C@H]2CC[C@H](c3cc(F)c(C#N)c(F)c3)CC2)CC1. The van der Waals surface area contributed by atoms with Crippen molar-refractivity contribution in [3.63, 3.8) is 0 Å². The van der Waals surface area contributed by atoms with Crippen molar-refractivity contribution < 1.29 is 8.78 Å². The van der Waals surface area contributed by atoms with Gasteiger partial charge in [0.15, 0.2) is 0 Å². The van der Waals surface area contributed by atoms with E-state index in [0.29, 0.717) is 17.4 Å². The topological polar surface area (TPSA) is 23.8 Å². The highest BCUT2D eigenvalue weighted by Gasteiger charge is 2.23. The summed E-state index contributed by atoms with van der Waals surface area (Å²) in [4.78, 5) is 0. The molecule has 0 spiro atoms. The Morgan fingerprint density at radius 1 is 0.968 bits per heavy atom. The molecule has 0 heterocycles. The molecule has 31 heavy (non-hydrogen) atoms. The summed E-state index contributed by atoms with van der Waals surface area (Å²) in [5.74, 6) is 7.29. The summed E-state index contributed by atoms with van der Waals surface area (Å²) in [5, 5.41) is 8.82. The molecule has 0 atom stereocenters. The number of unbranched alkanes of at least 4 members (excludes halogenated alkanes) is 2. The van der Waals surface area contributed by atoms with Crippen LogP contribution in [0.4, 0.5) is 8.78 Å². The van der Waals surface area contributed by atoms with Crippen molar-refractivity contribution >= 4 is 0 Å². The van der Waals surface area contributed by atoms with Crippen LogP contribution in [0.2, 0.25) is 0 Å². The molecule has 0 bridgehead atoms. The molecule has 0 aromatic heterocycles. The van der Waals surface area contributed by atoms with Gasteiger partial charge in [0.25, 0.3) is 0 Å². The third kappa shape index (κ3) is 6.93. The van der Waals surface area contributed by atoms with Crippen molar-refractivity contribution in [3.8, 4) is 17.9 Å². The number of rotatable bonds is 6. The molecular formula is C28H35F2N. The molecule has 1 aromatic rings.